The number of nitrogens with zero attached hydrogens (tertiary/aromatic N) is 1. The lowest BCUT2D eigenvalue weighted by Crippen LogP contribution is -2.63. The van der Waals surface area contributed by atoms with Gasteiger partial charge in [0.2, 0.25) is 5.91 Å². The number of thiol groups is 1. The van der Waals surface area contributed by atoms with Crippen LogP contribution in [0.2, 0.25) is 0 Å². The predicted molar refractivity (Wildman–Crippen MR) is 282 cm³/mol. The summed E-state index contributed by atoms with van der Waals surface area (Å²) in [5.74, 6) is 3.93. The maximum Gasteiger partial charge on any atom is 0.317 e. The van der Waals surface area contributed by atoms with Crippen LogP contribution in [0.5, 0.6) is 0 Å². The van der Waals surface area contributed by atoms with E-state index in [1.807, 2.05) is 0 Å². The largest absolute Gasteiger partial charge is 0.378 e. The molecule has 0 aromatic carbocycles. The summed E-state index contributed by atoms with van der Waals surface area (Å²) in [6.45, 7) is 19.3. The summed E-state index contributed by atoms with van der Waals surface area (Å²) in [5, 5.41) is 6.00. The van der Waals surface area contributed by atoms with E-state index in [4.69, 9.17) is 45.6 Å². The second-order valence-corrected chi connectivity index (χ2v) is 22.0. The molecule has 404 valence electrons. The van der Waals surface area contributed by atoms with Crippen LogP contribution < -0.4 is 27.8 Å². The number of nitrogens with two attached hydrogens (primary N) is 3. The van der Waals surface area contributed by atoms with Crippen LogP contribution in [-0.4, -0.2) is 146 Å². The third-order valence-electron chi connectivity index (χ3n) is 17.0. The molecule has 0 aromatic heterocycles. The fraction of sp³-hybridized carbons (Fsp3) is 0.963. The lowest BCUT2D eigenvalue weighted by atomic mass is 9.43. The minimum absolute atomic E-state index is 0.00613. The number of nitrogens with one attached hydrogen (secondary N) is 2. The zero-order valence-electron chi connectivity index (χ0n) is 44.3. The van der Waals surface area contributed by atoms with E-state index < -0.39 is 0 Å². The SMILES string of the molecule is CCCCCCCCN(CCC[C@@H](C)C1CC[C@H]2C3[C@H](OCCCN)CC4C[C@H](OCCCN)CCC4(C)[C@H]3C[C@H](OCCCN)C12C)C(=O)NCCOCCOCCOCCNC(=O)CCCS. The maximum absolute atomic E-state index is 13.7. The summed E-state index contributed by atoms with van der Waals surface area (Å²) >= 11 is 4.14. The monoisotopic (exact) mass is 997 g/mol. The number of carbonyl (C=O) groups excluding carboxylic acids is 2. The average molecular weight is 998 g/mol. The zero-order chi connectivity index (χ0) is 49.7. The molecule has 0 heterocycles. The molecule has 14 nitrogen and oxygen atoms in total. The van der Waals surface area contributed by atoms with Gasteiger partial charge in [-0.1, -0.05) is 59.8 Å². The Hall–Kier alpha value is -1.27. The van der Waals surface area contributed by atoms with E-state index in [9.17, 15) is 9.59 Å². The normalized spacial score (nSPS) is 29.0. The topological polar surface area (TPSA) is 195 Å². The minimum Gasteiger partial charge on any atom is -0.378 e. The molecule has 4 rings (SSSR count). The first-order valence-corrected chi connectivity index (χ1v) is 28.8. The van der Waals surface area contributed by atoms with Gasteiger partial charge in [-0.05, 0) is 156 Å². The van der Waals surface area contributed by atoms with Crippen LogP contribution in [0.1, 0.15) is 156 Å². The molecule has 0 spiro atoms. The van der Waals surface area contributed by atoms with Crippen molar-refractivity contribution >= 4 is 24.6 Å². The van der Waals surface area contributed by atoms with E-state index in [1.165, 1.54) is 44.9 Å². The minimum atomic E-state index is 0.00613. The Morgan fingerprint density at radius 3 is 1.99 bits per heavy atom. The molecule has 0 bridgehead atoms. The molecule has 15 heteroatoms. The summed E-state index contributed by atoms with van der Waals surface area (Å²) < 4.78 is 37.5. The molecule has 5 unspecified atom stereocenters. The van der Waals surface area contributed by atoms with Crippen LogP contribution >= 0.6 is 12.6 Å². The molecule has 0 aliphatic heterocycles. The molecule has 8 N–H and O–H groups in total. The standard InChI is InChI=1S/C54H104N6O8S/c1-5-6-7-8-9-10-27-60(52(62)59-26-33-64-35-37-65-36-34-63-32-25-58-50(61)17-12-38-69)28-11-16-42(2)45-18-19-46-51-47(41-49(54(45,46)4)68-31-15-24-57)53(3)21-20-44(66-29-13-22-55)39-43(53)40-48(51)67-30-14-23-56/h42-49,51,69H,5-41,55-57H2,1-4H3,(H,58,61)(H,59,62)/t42-,43?,44-,45?,46+,47+,48-,49+,51?,53?,54?/m1/s1. The summed E-state index contributed by atoms with van der Waals surface area (Å²) in [6.07, 6.45) is 22.0. The van der Waals surface area contributed by atoms with Gasteiger partial charge in [0.25, 0.3) is 0 Å². The number of hydrogen-bond donors (Lipinski definition) is 6. The van der Waals surface area contributed by atoms with E-state index in [2.05, 4.69) is 55.9 Å². The van der Waals surface area contributed by atoms with Crippen molar-refractivity contribution in [3.8, 4) is 0 Å². The van der Waals surface area contributed by atoms with Crippen LogP contribution in [0.25, 0.3) is 0 Å². The Morgan fingerprint density at radius 1 is 0.681 bits per heavy atom. The number of fused-ring (bicyclic) bond motifs is 5. The fourth-order valence-corrected chi connectivity index (χ4v) is 13.4. The second-order valence-electron chi connectivity index (χ2n) is 21.6. The van der Waals surface area contributed by atoms with Gasteiger partial charge in [-0.25, -0.2) is 4.79 Å². The Bertz CT molecular complexity index is 1380. The summed E-state index contributed by atoms with van der Waals surface area (Å²) in [6, 6.07) is 0.00613. The van der Waals surface area contributed by atoms with E-state index in [0.29, 0.717) is 133 Å². The van der Waals surface area contributed by atoms with Crippen LogP contribution in [-0.2, 0) is 33.2 Å². The molecule has 69 heavy (non-hydrogen) atoms. The highest BCUT2D eigenvalue weighted by atomic mass is 32.1. The van der Waals surface area contributed by atoms with Crippen LogP contribution in [0, 0.1) is 46.3 Å². The van der Waals surface area contributed by atoms with Gasteiger partial charge in [0.1, 0.15) is 0 Å². The van der Waals surface area contributed by atoms with Crippen molar-refractivity contribution in [2.75, 3.05) is 111 Å². The summed E-state index contributed by atoms with van der Waals surface area (Å²) in [5.41, 5.74) is 18.2. The molecule has 0 saturated heterocycles. The van der Waals surface area contributed by atoms with Crippen LogP contribution in [0.4, 0.5) is 4.79 Å². The number of carbonyl (C=O) groups is 2. The van der Waals surface area contributed by atoms with Gasteiger partial charge < -0.3 is 61.2 Å². The molecular formula is C54H104N6O8S. The van der Waals surface area contributed by atoms with Gasteiger partial charge in [-0.15, -0.1) is 0 Å². The highest BCUT2D eigenvalue weighted by molar-refractivity contribution is 7.80. The van der Waals surface area contributed by atoms with Crippen molar-refractivity contribution in [3.05, 3.63) is 0 Å². The highest BCUT2D eigenvalue weighted by Gasteiger charge is 2.66. The predicted octanol–water partition coefficient (Wildman–Crippen LogP) is 7.73. The second kappa shape index (κ2) is 34.3. The Morgan fingerprint density at radius 2 is 1.30 bits per heavy atom. The number of ether oxygens (including phenoxy) is 6. The van der Waals surface area contributed by atoms with Crippen molar-refractivity contribution in [1.29, 1.82) is 0 Å². The van der Waals surface area contributed by atoms with E-state index in [-0.39, 0.29) is 35.0 Å². The molecule has 4 aliphatic carbocycles. The fourth-order valence-electron chi connectivity index (χ4n) is 13.3. The first kappa shape index (κ1) is 60.3. The quantitative estimate of drug-likeness (QED) is 0.0261. The molecule has 0 radical (unpaired) electrons. The maximum atomic E-state index is 13.7. The van der Waals surface area contributed by atoms with Crippen molar-refractivity contribution in [2.45, 2.75) is 174 Å². The number of urea groups is 1. The van der Waals surface area contributed by atoms with E-state index in [0.717, 1.165) is 103 Å². The third-order valence-corrected chi connectivity index (χ3v) is 17.4. The van der Waals surface area contributed by atoms with Crippen molar-refractivity contribution < 1.29 is 38.0 Å². The first-order chi connectivity index (χ1) is 33.6. The van der Waals surface area contributed by atoms with Gasteiger partial charge in [0.15, 0.2) is 0 Å². The lowest BCUT2D eigenvalue weighted by molar-refractivity contribution is -0.227. The zero-order valence-corrected chi connectivity index (χ0v) is 45.1. The third kappa shape index (κ3) is 19.2. The van der Waals surface area contributed by atoms with Gasteiger partial charge in [0, 0.05) is 57.8 Å². The Balaban J connectivity index is 1.32. The number of amides is 3. The van der Waals surface area contributed by atoms with Gasteiger partial charge >= 0.3 is 6.03 Å². The molecule has 4 fully saturated rings. The smallest absolute Gasteiger partial charge is 0.317 e. The molecular weight excluding hydrogens is 893 g/mol. The molecule has 11 atom stereocenters. The Kier molecular flexibility index (Phi) is 29.9. The van der Waals surface area contributed by atoms with Crippen molar-refractivity contribution in [1.82, 2.24) is 15.5 Å². The van der Waals surface area contributed by atoms with Gasteiger partial charge in [0.05, 0.1) is 58.0 Å². The lowest BCUT2D eigenvalue weighted by Gasteiger charge is -2.65. The number of hydrogen-bond acceptors (Lipinski definition) is 12. The summed E-state index contributed by atoms with van der Waals surface area (Å²) in [7, 11) is 0. The van der Waals surface area contributed by atoms with E-state index in [1.54, 1.807) is 0 Å². The first-order valence-electron chi connectivity index (χ1n) is 28.2. The number of rotatable bonds is 39. The molecule has 0 aromatic rings. The van der Waals surface area contributed by atoms with Crippen LogP contribution in [0.15, 0.2) is 0 Å². The van der Waals surface area contributed by atoms with Gasteiger partial charge in [-0.3, -0.25) is 4.79 Å². The Labute approximate surface area is 425 Å². The molecule has 3 amide bonds. The molecule has 4 aliphatic rings. The average Bonchev–Trinajstić information content (AvgIpc) is 3.71. The van der Waals surface area contributed by atoms with Crippen molar-refractivity contribution in [3.63, 3.8) is 0 Å². The van der Waals surface area contributed by atoms with E-state index >= 15 is 0 Å². The van der Waals surface area contributed by atoms with Crippen LogP contribution in [0.3, 0.4) is 0 Å². The molecule has 4 saturated carbocycles. The van der Waals surface area contributed by atoms with Crippen molar-refractivity contribution in [2.24, 2.45) is 63.5 Å². The highest BCUT2D eigenvalue weighted by Crippen LogP contribution is 2.69. The van der Waals surface area contributed by atoms with Gasteiger partial charge in [-0.2, -0.15) is 12.6 Å². The summed E-state index contributed by atoms with van der Waals surface area (Å²) in [4.78, 5) is 27.4. The number of unbranched alkanes of at least 4 members (excludes halogenated alkanes) is 5.